The maximum atomic E-state index is 12.5. The van der Waals surface area contributed by atoms with Crippen LogP contribution in [-0.2, 0) is 13.5 Å². The monoisotopic (exact) mass is 355 g/mol. The molecule has 0 aliphatic heterocycles. The van der Waals surface area contributed by atoms with E-state index in [2.05, 4.69) is 9.97 Å². The summed E-state index contributed by atoms with van der Waals surface area (Å²) in [5.41, 5.74) is 1.44. The van der Waals surface area contributed by atoms with E-state index in [-0.39, 0.29) is 0 Å². The highest BCUT2D eigenvalue weighted by molar-refractivity contribution is 5.87. The molecule has 3 aromatic rings. The fourth-order valence-electron chi connectivity index (χ4n) is 2.65. The SMILES string of the molecule is CCN(C)C(=O)n1c(=O)n(C)c2nc(Cc3ccc(OC)cc3)ncc21. The molecule has 0 N–H and O–H groups in total. The van der Waals surface area contributed by atoms with Crippen molar-refractivity contribution in [2.75, 3.05) is 20.7 Å². The predicted octanol–water partition coefficient (Wildman–Crippen LogP) is 1.65. The van der Waals surface area contributed by atoms with Gasteiger partial charge in [0.2, 0.25) is 0 Å². The zero-order valence-corrected chi connectivity index (χ0v) is 15.3. The van der Waals surface area contributed by atoms with Crippen molar-refractivity contribution in [3.05, 3.63) is 52.3 Å². The molecule has 0 saturated heterocycles. The van der Waals surface area contributed by atoms with Crippen molar-refractivity contribution in [2.24, 2.45) is 7.05 Å². The van der Waals surface area contributed by atoms with Gasteiger partial charge in [-0.05, 0) is 24.6 Å². The molecule has 0 aliphatic rings. The minimum Gasteiger partial charge on any atom is -0.497 e. The van der Waals surface area contributed by atoms with Gasteiger partial charge in [0.1, 0.15) is 17.1 Å². The second-order valence-electron chi connectivity index (χ2n) is 5.99. The van der Waals surface area contributed by atoms with Crippen LogP contribution in [0.1, 0.15) is 18.3 Å². The second kappa shape index (κ2) is 6.99. The van der Waals surface area contributed by atoms with E-state index in [1.807, 2.05) is 31.2 Å². The van der Waals surface area contributed by atoms with Gasteiger partial charge in [0.15, 0.2) is 5.65 Å². The van der Waals surface area contributed by atoms with Crippen LogP contribution in [0.4, 0.5) is 4.79 Å². The molecule has 0 atom stereocenters. The summed E-state index contributed by atoms with van der Waals surface area (Å²) in [6.07, 6.45) is 2.05. The van der Waals surface area contributed by atoms with Crippen molar-refractivity contribution in [1.82, 2.24) is 24.0 Å². The molecule has 3 rings (SSSR count). The molecular weight excluding hydrogens is 334 g/mol. The molecule has 0 fully saturated rings. The molecule has 26 heavy (non-hydrogen) atoms. The zero-order chi connectivity index (χ0) is 18.8. The number of aromatic nitrogens is 4. The first-order valence-corrected chi connectivity index (χ1v) is 8.28. The summed E-state index contributed by atoms with van der Waals surface area (Å²) in [4.78, 5) is 35.3. The molecule has 8 nitrogen and oxygen atoms in total. The zero-order valence-electron chi connectivity index (χ0n) is 15.3. The van der Waals surface area contributed by atoms with Crippen molar-refractivity contribution < 1.29 is 9.53 Å². The standard InChI is InChI=1S/C18H21N5O3/c1-5-21(2)17(24)23-14-11-19-15(20-16(14)22(3)18(23)25)10-12-6-8-13(26-4)9-7-12/h6-9,11H,5,10H2,1-4H3. The minimum atomic E-state index is -0.429. The van der Waals surface area contributed by atoms with Gasteiger partial charge < -0.3 is 9.64 Å². The van der Waals surface area contributed by atoms with Crippen molar-refractivity contribution in [1.29, 1.82) is 0 Å². The van der Waals surface area contributed by atoms with Gasteiger partial charge in [-0.1, -0.05) is 12.1 Å². The van der Waals surface area contributed by atoms with Crippen LogP contribution in [0.2, 0.25) is 0 Å². The number of fused-ring (bicyclic) bond motifs is 1. The summed E-state index contributed by atoms with van der Waals surface area (Å²) in [5.74, 6) is 1.36. The van der Waals surface area contributed by atoms with E-state index < -0.39 is 11.7 Å². The first kappa shape index (κ1) is 17.7. The highest BCUT2D eigenvalue weighted by Gasteiger charge is 2.20. The van der Waals surface area contributed by atoms with Gasteiger partial charge in [0.25, 0.3) is 0 Å². The van der Waals surface area contributed by atoms with Gasteiger partial charge >= 0.3 is 11.7 Å². The number of ether oxygens (including phenoxy) is 1. The molecule has 0 bridgehead atoms. The molecule has 0 radical (unpaired) electrons. The molecular formula is C18H21N5O3. The lowest BCUT2D eigenvalue weighted by molar-refractivity contribution is 0.212. The van der Waals surface area contributed by atoms with Crippen LogP contribution < -0.4 is 10.4 Å². The van der Waals surface area contributed by atoms with E-state index in [1.54, 1.807) is 21.2 Å². The smallest absolute Gasteiger partial charge is 0.338 e. The summed E-state index contributed by atoms with van der Waals surface area (Å²) >= 11 is 0. The fraction of sp³-hybridized carbons (Fsp3) is 0.333. The Kier molecular flexibility index (Phi) is 4.75. The van der Waals surface area contributed by atoms with Crippen LogP contribution in [0.3, 0.4) is 0 Å². The molecule has 8 heteroatoms. The first-order valence-electron chi connectivity index (χ1n) is 8.28. The highest BCUT2D eigenvalue weighted by atomic mass is 16.5. The average Bonchev–Trinajstić information content (AvgIpc) is 2.91. The second-order valence-corrected chi connectivity index (χ2v) is 5.99. The van der Waals surface area contributed by atoms with Gasteiger partial charge in [-0.15, -0.1) is 0 Å². The Balaban J connectivity index is 2.00. The van der Waals surface area contributed by atoms with E-state index in [9.17, 15) is 9.59 Å². The van der Waals surface area contributed by atoms with Crippen LogP contribution in [0, 0.1) is 0 Å². The number of methoxy groups -OCH3 is 1. The summed E-state index contributed by atoms with van der Waals surface area (Å²) in [6, 6.07) is 7.24. The van der Waals surface area contributed by atoms with Crippen molar-refractivity contribution in [3.8, 4) is 5.75 Å². The van der Waals surface area contributed by atoms with Crippen LogP contribution in [0.25, 0.3) is 11.2 Å². The highest BCUT2D eigenvalue weighted by Crippen LogP contribution is 2.15. The van der Waals surface area contributed by atoms with E-state index in [0.717, 1.165) is 15.9 Å². The molecule has 0 saturated carbocycles. The number of hydrogen-bond acceptors (Lipinski definition) is 5. The Labute approximate surface area is 150 Å². The largest absolute Gasteiger partial charge is 0.497 e. The number of rotatable bonds is 4. The number of carbonyl (C=O) groups is 1. The molecule has 1 aromatic carbocycles. The van der Waals surface area contributed by atoms with Crippen molar-refractivity contribution >= 4 is 17.2 Å². The van der Waals surface area contributed by atoms with E-state index in [4.69, 9.17) is 4.74 Å². The van der Waals surface area contributed by atoms with Gasteiger partial charge in [0, 0.05) is 27.1 Å². The van der Waals surface area contributed by atoms with Crippen LogP contribution >= 0.6 is 0 Å². The van der Waals surface area contributed by atoms with Crippen molar-refractivity contribution in [2.45, 2.75) is 13.3 Å². The number of nitrogens with zero attached hydrogens (tertiary/aromatic N) is 5. The maximum absolute atomic E-state index is 12.5. The molecule has 0 spiro atoms. The summed E-state index contributed by atoms with van der Waals surface area (Å²) in [6.45, 7) is 2.34. The van der Waals surface area contributed by atoms with Crippen molar-refractivity contribution in [3.63, 3.8) is 0 Å². The van der Waals surface area contributed by atoms with E-state index in [1.165, 1.54) is 15.7 Å². The predicted molar refractivity (Wildman–Crippen MR) is 97.7 cm³/mol. The normalized spacial score (nSPS) is 10.9. The molecule has 136 valence electrons. The first-order chi connectivity index (χ1) is 12.5. The van der Waals surface area contributed by atoms with Crippen LogP contribution in [0.5, 0.6) is 5.75 Å². The Morgan fingerprint density at radius 3 is 2.58 bits per heavy atom. The Bertz CT molecular complexity index is 1000. The third kappa shape index (κ3) is 3.05. The Morgan fingerprint density at radius 1 is 1.27 bits per heavy atom. The van der Waals surface area contributed by atoms with Crippen LogP contribution in [-0.4, -0.2) is 50.7 Å². The summed E-state index contributed by atoms with van der Waals surface area (Å²) < 4.78 is 7.63. The van der Waals surface area contributed by atoms with Gasteiger partial charge in [-0.25, -0.2) is 24.1 Å². The number of carbonyl (C=O) groups excluding carboxylic acids is 1. The summed E-state index contributed by atoms with van der Waals surface area (Å²) in [5, 5.41) is 0. The summed E-state index contributed by atoms with van der Waals surface area (Å²) in [7, 11) is 4.87. The lowest BCUT2D eigenvalue weighted by Gasteiger charge is -2.14. The topological polar surface area (TPSA) is 82.2 Å². The maximum Gasteiger partial charge on any atom is 0.338 e. The third-order valence-corrected chi connectivity index (χ3v) is 4.35. The molecule has 2 heterocycles. The van der Waals surface area contributed by atoms with E-state index in [0.29, 0.717) is 30.0 Å². The Hall–Kier alpha value is -3.16. The number of aryl methyl sites for hydroxylation is 1. The lowest BCUT2D eigenvalue weighted by atomic mass is 10.1. The number of benzene rings is 1. The minimum absolute atomic E-state index is 0.394. The molecule has 0 unspecified atom stereocenters. The molecule has 1 amide bonds. The number of amides is 1. The lowest BCUT2D eigenvalue weighted by Crippen LogP contribution is -2.37. The Morgan fingerprint density at radius 2 is 1.96 bits per heavy atom. The van der Waals surface area contributed by atoms with Crippen LogP contribution in [0.15, 0.2) is 35.3 Å². The number of imidazole rings is 1. The third-order valence-electron chi connectivity index (χ3n) is 4.35. The quantitative estimate of drug-likeness (QED) is 0.711. The average molecular weight is 355 g/mol. The van der Waals surface area contributed by atoms with Gasteiger partial charge in [-0.3, -0.25) is 4.57 Å². The fourth-order valence-corrected chi connectivity index (χ4v) is 2.65. The molecule has 0 aliphatic carbocycles. The van der Waals surface area contributed by atoms with Gasteiger partial charge in [-0.2, -0.15) is 0 Å². The van der Waals surface area contributed by atoms with E-state index >= 15 is 0 Å². The van der Waals surface area contributed by atoms with Gasteiger partial charge in [0.05, 0.1) is 13.3 Å². The molecule has 2 aromatic heterocycles. The number of hydrogen-bond donors (Lipinski definition) is 0.